The van der Waals surface area contributed by atoms with E-state index in [-0.39, 0.29) is 5.84 Å². The third-order valence-corrected chi connectivity index (χ3v) is 11.9. The highest BCUT2D eigenvalue weighted by atomic mass is 15.0. The molecule has 11 rings (SSSR count). The van der Waals surface area contributed by atoms with Crippen molar-refractivity contribution in [3.8, 4) is 27.9 Å². The van der Waals surface area contributed by atoms with Crippen LogP contribution in [0.4, 0.5) is 0 Å². The lowest BCUT2D eigenvalue weighted by atomic mass is 9.89. The molecule has 0 aliphatic heterocycles. The van der Waals surface area contributed by atoms with E-state index in [4.69, 9.17) is 10.4 Å². The van der Waals surface area contributed by atoms with E-state index in [1.54, 1.807) is 0 Å². The van der Waals surface area contributed by atoms with Gasteiger partial charge in [0.2, 0.25) is 0 Å². The second kappa shape index (κ2) is 15.2. The monoisotopic (exact) mass is 777 g/mol. The normalized spacial score (nSPS) is 12.0. The molecule has 0 saturated carbocycles. The average molecular weight is 778 g/mol. The van der Waals surface area contributed by atoms with Crippen LogP contribution in [-0.4, -0.2) is 16.1 Å². The quantitative estimate of drug-likeness (QED) is 0.0725. The summed E-state index contributed by atoms with van der Waals surface area (Å²) < 4.78 is 2.32. The van der Waals surface area contributed by atoms with E-state index in [0.29, 0.717) is 5.71 Å². The maximum absolute atomic E-state index is 9.10. The summed E-state index contributed by atoms with van der Waals surface area (Å²) in [5.41, 5.74) is 11.5. The zero-order chi connectivity index (χ0) is 40.7. The van der Waals surface area contributed by atoms with E-state index in [9.17, 15) is 0 Å². The zero-order valence-corrected chi connectivity index (χ0v) is 33.3. The van der Waals surface area contributed by atoms with E-state index >= 15 is 0 Å². The van der Waals surface area contributed by atoms with Crippen LogP contribution in [0.15, 0.2) is 229 Å². The summed E-state index contributed by atoms with van der Waals surface area (Å²) in [5.74, 6) is 0.211. The standard InChI is InChI=1S/C58H39N3/c59-58(44-15-3-1-4-16-44)60-54(52-24-13-23-51-49-22-11-12-25-55(49)61(57(51)52)46-18-5-2-6-19-46)37-28-39-26-29-40(30-27-39)41-31-33-43(34-32-41)56-48-21-10-8-17-45(48)38-53-47-20-9-7-14-42(47)35-36-50(53)56/h1-38,59H/b37-28+,59-58?,60-54?. The predicted octanol–water partition coefficient (Wildman–Crippen LogP) is 15.1. The van der Waals surface area contributed by atoms with Crippen LogP contribution in [0.25, 0.3) is 88.1 Å². The Morgan fingerprint density at radius 1 is 0.443 bits per heavy atom. The fourth-order valence-electron chi connectivity index (χ4n) is 8.96. The molecule has 0 saturated heterocycles. The van der Waals surface area contributed by atoms with E-state index in [1.807, 2.05) is 36.4 Å². The lowest BCUT2D eigenvalue weighted by Crippen LogP contribution is -2.06. The first-order chi connectivity index (χ1) is 30.2. The molecule has 3 nitrogen and oxygen atoms in total. The van der Waals surface area contributed by atoms with Gasteiger partial charge < -0.3 is 4.57 Å². The molecule has 3 heteroatoms. The van der Waals surface area contributed by atoms with Gasteiger partial charge in [0.15, 0.2) is 5.84 Å². The summed E-state index contributed by atoms with van der Waals surface area (Å²) in [4.78, 5) is 5.04. The summed E-state index contributed by atoms with van der Waals surface area (Å²) >= 11 is 0. The molecule has 1 aromatic heterocycles. The molecule has 0 radical (unpaired) electrons. The maximum atomic E-state index is 9.10. The van der Waals surface area contributed by atoms with Gasteiger partial charge in [-0.1, -0.05) is 200 Å². The molecule has 0 aliphatic carbocycles. The lowest BCUT2D eigenvalue weighted by molar-refractivity contribution is 1.18. The van der Waals surface area contributed by atoms with Gasteiger partial charge in [-0.2, -0.15) is 0 Å². The summed E-state index contributed by atoms with van der Waals surface area (Å²) in [6, 6.07) is 77.1. The van der Waals surface area contributed by atoms with Crippen molar-refractivity contribution in [1.82, 2.24) is 4.57 Å². The summed E-state index contributed by atoms with van der Waals surface area (Å²) in [5, 5.41) is 19.0. The van der Waals surface area contributed by atoms with Crippen molar-refractivity contribution in [2.75, 3.05) is 0 Å². The Balaban J connectivity index is 0.963. The number of benzene rings is 10. The van der Waals surface area contributed by atoms with Crippen LogP contribution in [0.1, 0.15) is 16.7 Å². The molecule has 0 aliphatic rings. The molecule has 286 valence electrons. The molecule has 0 atom stereocenters. The van der Waals surface area contributed by atoms with Crippen LogP contribution >= 0.6 is 0 Å². The minimum absolute atomic E-state index is 0.211. The van der Waals surface area contributed by atoms with E-state index in [0.717, 1.165) is 49.9 Å². The second-order valence-electron chi connectivity index (χ2n) is 15.5. The average Bonchev–Trinajstić information content (AvgIpc) is 3.67. The van der Waals surface area contributed by atoms with Crippen LogP contribution in [0, 0.1) is 5.41 Å². The molecular formula is C58H39N3. The van der Waals surface area contributed by atoms with Gasteiger partial charge in [-0.3, -0.25) is 5.41 Å². The van der Waals surface area contributed by atoms with Gasteiger partial charge in [0, 0.05) is 27.6 Å². The molecule has 0 spiro atoms. The van der Waals surface area contributed by atoms with Crippen molar-refractivity contribution in [2.24, 2.45) is 4.99 Å². The van der Waals surface area contributed by atoms with Gasteiger partial charge in [0.1, 0.15) is 0 Å². The Hall–Kier alpha value is -8.14. The smallest absolute Gasteiger partial charge is 0.152 e. The van der Waals surface area contributed by atoms with Gasteiger partial charge in [-0.15, -0.1) is 0 Å². The van der Waals surface area contributed by atoms with Crippen molar-refractivity contribution >= 4 is 71.7 Å². The van der Waals surface area contributed by atoms with Crippen molar-refractivity contribution in [3.63, 3.8) is 0 Å². The topological polar surface area (TPSA) is 41.1 Å². The second-order valence-corrected chi connectivity index (χ2v) is 15.5. The lowest BCUT2D eigenvalue weighted by Gasteiger charge is -2.14. The van der Waals surface area contributed by atoms with Crippen molar-refractivity contribution in [3.05, 3.63) is 241 Å². The number of nitrogens with one attached hydrogen (secondary N) is 1. The van der Waals surface area contributed by atoms with Crippen LogP contribution in [0.5, 0.6) is 0 Å². The summed E-state index contributed by atoms with van der Waals surface area (Å²) in [6.45, 7) is 0. The van der Waals surface area contributed by atoms with Crippen molar-refractivity contribution in [2.45, 2.75) is 0 Å². The molecule has 61 heavy (non-hydrogen) atoms. The van der Waals surface area contributed by atoms with Crippen LogP contribution in [-0.2, 0) is 0 Å². The van der Waals surface area contributed by atoms with E-state index < -0.39 is 0 Å². The Morgan fingerprint density at radius 3 is 1.82 bits per heavy atom. The Kier molecular flexibility index (Phi) is 8.98. The van der Waals surface area contributed by atoms with Crippen molar-refractivity contribution in [1.29, 1.82) is 5.41 Å². The molecule has 0 fully saturated rings. The molecule has 10 aromatic carbocycles. The highest BCUT2D eigenvalue weighted by Crippen LogP contribution is 2.40. The molecule has 11 aromatic rings. The molecule has 1 N–H and O–H groups in total. The fraction of sp³-hybridized carbons (Fsp3) is 0. The first kappa shape index (κ1) is 36.0. The number of allylic oxidation sites excluding steroid dienone is 1. The van der Waals surface area contributed by atoms with Gasteiger partial charge in [0.25, 0.3) is 0 Å². The molecule has 1 heterocycles. The summed E-state index contributed by atoms with van der Waals surface area (Å²) in [7, 11) is 0. The number of aliphatic imine (C=N–C) groups is 1. The number of fused-ring (bicyclic) bond motifs is 7. The number of hydrogen-bond donors (Lipinski definition) is 1. The van der Waals surface area contributed by atoms with Crippen LogP contribution in [0.3, 0.4) is 0 Å². The number of para-hydroxylation sites is 3. The van der Waals surface area contributed by atoms with Crippen LogP contribution in [0.2, 0.25) is 0 Å². The third-order valence-electron chi connectivity index (χ3n) is 11.9. The zero-order valence-electron chi connectivity index (χ0n) is 33.3. The third kappa shape index (κ3) is 6.50. The highest BCUT2D eigenvalue weighted by Gasteiger charge is 2.18. The number of rotatable bonds is 7. The minimum atomic E-state index is 0.211. The number of nitrogens with zero attached hydrogens (tertiary/aromatic N) is 2. The van der Waals surface area contributed by atoms with Gasteiger partial charge in [-0.05, 0) is 90.5 Å². The van der Waals surface area contributed by atoms with E-state index in [2.05, 4.69) is 199 Å². The first-order valence-electron chi connectivity index (χ1n) is 20.7. The molecule has 0 bridgehead atoms. The van der Waals surface area contributed by atoms with Gasteiger partial charge in [0.05, 0.1) is 16.7 Å². The Bertz CT molecular complexity index is 3500. The Labute approximate surface area is 354 Å². The number of aromatic nitrogens is 1. The largest absolute Gasteiger partial charge is 0.309 e. The van der Waals surface area contributed by atoms with Crippen molar-refractivity contribution < 1.29 is 0 Å². The van der Waals surface area contributed by atoms with Gasteiger partial charge >= 0.3 is 0 Å². The maximum Gasteiger partial charge on any atom is 0.152 e. The summed E-state index contributed by atoms with van der Waals surface area (Å²) in [6.07, 6.45) is 4.16. The predicted molar refractivity (Wildman–Crippen MR) is 259 cm³/mol. The van der Waals surface area contributed by atoms with E-state index in [1.165, 1.54) is 48.8 Å². The molecule has 0 amide bonds. The Morgan fingerprint density at radius 2 is 1.05 bits per heavy atom. The molecular weight excluding hydrogens is 739 g/mol. The minimum Gasteiger partial charge on any atom is -0.309 e. The highest BCUT2D eigenvalue weighted by molar-refractivity contribution is 6.25. The molecule has 0 unspecified atom stereocenters. The number of amidine groups is 1. The van der Waals surface area contributed by atoms with Crippen LogP contribution < -0.4 is 0 Å². The first-order valence-corrected chi connectivity index (χ1v) is 20.7. The number of hydrogen-bond acceptors (Lipinski definition) is 1. The SMILES string of the molecule is N=C(N=C(/C=C/c1ccc(-c2ccc(-c3c4ccccc4cc4c3ccc3ccccc34)cc2)cc1)c1cccc2c3ccccc3n(-c3ccccc3)c12)c1ccccc1. The fourth-order valence-corrected chi connectivity index (χ4v) is 8.96. The van der Waals surface area contributed by atoms with Gasteiger partial charge in [-0.25, -0.2) is 4.99 Å².